The van der Waals surface area contributed by atoms with Crippen molar-refractivity contribution in [2.24, 2.45) is 0 Å². The van der Waals surface area contributed by atoms with Crippen LogP contribution in [0.25, 0.3) is 0 Å². The van der Waals surface area contributed by atoms with E-state index < -0.39 is 9.84 Å². The zero-order valence-electron chi connectivity index (χ0n) is 10.5. The van der Waals surface area contributed by atoms with Crippen LogP contribution in [0.2, 0.25) is 0 Å². The van der Waals surface area contributed by atoms with Gasteiger partial charge in [-0.25, -0.2) is 8.42 Å². The largest absolute Gasteiger partial charge is 0.292 e. The molecule has 1 heterocycles. The fourth-order valence-electron chi connectivity index (χ4n) is 2.34. The van der Waals surface area contributed by atoms with E-state index >= 15 is 0 Å². The number of sulfone groups is 1. The Morgan fingerprint density at radius 1 is 1.33 bits per heavy atom. The van der Waals surface area contributed by atoms with Crippen molar-refractivity contribution in [1.29, 1.82) is 0 Å². The number of thiophene rings is 1. The lowest BCUT2D eigenvalue weighted by molar-refractivity contribution is 0.102. The van der Waals surface area contributed by atoms with Crippen LogP contribution in [0.4, 0.5) is 0 Å². The van der Waals surface area contributed by atoms with Crippen LogP contribution >= 0.6 is 11.3 Å². The van der Waals surface area contributed by atoms with Crippen molar-refractivity contribution in [2.75, 3.05) is 5.75 Å². The third kappa shape index (κ3) is 3.01. The van der Waals surface area contributed by atoms with Crippen LogP contribution in [-0.4, -0.2) is 25.2 Å². The summed E-state index contributed by atoms with van der Waals surface area (Å²) >= 11 is 1.41. The topological polar surface area (TPSA) is 51.2 Å². The molecule has 0 amide bonds. The van der Waals surface area contributed by atoms with Crippen molar-refractivity contribution in [2.45, 2.75) is 44.3 Å². The van der Waals surface area contributed by atoms with E-state index in [-0.39, 0.29) is 16.8 Å². The van der Waals surface area contributed by atoms with Gasteiger partial charge in [-0.05, 0) is 31.4 Å². The maximum absolute atomic E-state index is 12.1. The van der Waals surface area contributed by atoms with Crippen molar-refractivity contribution in [1.82, 2.24) is 0 Å². The Morgan fingerprint density at radius 3 is 2.56 bits per heavy atom. The van der Waals surface area contributed by atoms with Crippen LogP contribution in [0, 0.1) is 0 Å². The summed E-state index contributed by atoms with van der Waals surface area (Å²) in [6, 6.07) is 3.65. The summed E-state index contributed by atoms with van der Waals surface area (Å²) in [6.45, 7) is 2.02. The van der Waals surface area contributed by atoms with Gasteiger partial charge < -0.3 is 0 Å². The number of carbonyl (C=O) groups excluding carboxylic acids is 1. The van der Waals surface area contributed by atoms with Gasteiger partial charge >= 0.3 is 0 Å². The minimum atomic E-state index is -3.25. The van der Waals surface area contributed by atoms with Crippen LogP contribution in [0.3, 0.4) is 0 Å². The molecule has 1 aliphatic rings. The van der Waals surface area contributed by atoms with E-state index in [9.17, 15) is 13.2 Å². The number of Topliss-reactive ketones (excluding diaryl/α,β-unsaturated/α-hetero) is 1. The lowest BCUT2D eigenvalue weighted by atomic mass is 10.3. The molecule has 1 fully saturated rings. The molecule has 100 valence electrons. The molecule has 0 radical (unpaired) electrons. The summed E-state index contributed by atoms with van der Waals surface area (Å²) in [5.74, 6) is -0.562. The first-order valence-electron chi connectivity index (χ1n) is 6.36. The fraction of sp³-hybridized carbons (Fsp3) is 0.615. The van der Waals surface area contributed by atoms with E-state index in [1.165, 1.54) is 11.3 Å². The van der Waals surface area contributed by atoms with Crippen molar-refractivity contribution < 1.29 is 13.2 Å². The highest BCUT2D eigenvalue weighted by Crippen LogP contribution is 2.26. The predicted octanol–water partition coefficient (Wildman–Crippen LogP) is 2.85. The minimum absolute atomic E-state index is 0.244. The number of aryl methyl sites for hydroxylation is 1. The number of carbonyl (C=O) groups is 1. The van der Waals surface area contributed by atoms with Crippen LogP contribution in [0.1, 0.15) is 47.2 Å². The lowest BCUT2D eigenvalue weighted by Crippen LogP contribution is -2.25. The van der Waals surface area contributed by atoms with E-state index in [4.69, 9.17) is 0 Å². The average molecular weight is 286 g/mol. The molecule has 1 aromatic heterocycles. The number of rotatable bonds is 5. The van der Waals surface area contributed by atoms with Crippen molar-refractivity contribution in [3.63, 3.8) is 0 Å². The molecule has 0 aromatic carbocycles. The highest BCUT2D eigenvalue weighted by atomic mass is 32.2. The van der Waals surface area contributed by atoms with Gasteiger partial charge in [0, 0.05) is 4.88 Å². The quantitative estimate of drug-likeness (QED) is 0.782. The van der Waals surface area contributed by atoms with Crippen LogP contribution in [0.5, 0.6) is 0 Å². The van der Waals surface area contributed by atoms with Crippen molar-refractivity contribution in [3.8, 4) is 0 Å². The highest BCUT2D eigenvalue weighted by molar-refractivity contribution is 7.92. The second-order valence-corrected chi connectivity index (χ2v) is 8.21. The molecule has 0 saturated heterocycles. The molecule has 0 N–H and O–H groups in total. The van der Waals surface area contributed by atoms with Gasteiger partial charge in [-0.2, -0.15) is 0 Å². The molecule has 0 aliphatic heterocycles. The average Bonchev–Trinajstić information content (AvgIpc) is 3.00. The molecule has 5 heteroatoms. The van der Waals surface area contributed by atoms with E-state index in [1.54, 1.807) is 6.07 Å². The predicted molar refractivity (Wildman–Crippen MR) is 74.1 cm³/mol. The maximum Gasteiger partial charge on any atom is 0.187 e. The lowest BCUT2D eigenvalue weighted by Gasteiger charge is -2.09. The molecule has 3 nitrogen and oxygen atoms in total. The van der Waals surface area contributed by atoms with Gasteiger partial charge in [0.25, 0.3) is 0 Å². The standard InChI is InChI=1S/C13H18O3S2/c1-2-10-7-8-13(17-10)12(14)9-18(15,16)11-5-3-4-6-11/h7-8,11H,2-6,9H2,1H3. The Hall–Kier alpha value is -0.680. The molecule has 18 heavy (non-hydrogen) atoms. The molecule has 0 atom stereocenters. The number of ketones is 1. The third-order valence-electron chi connectivity index (χ3n) is 3.43. The SMILES string of the molecule is CCc1ccc(C(=O)CS(=O)(=O)C2CCCC2)s1. The maximum atomic E-state index is 12.1. The summed E-state index contributed by atoms with van der Waals surface area (Å²) in [4.78, 5) is 13.7. The Bertz CT molecular complexity index is 522. The Morgan fingerprint density at radius 2 is 2.00 bits per heavy atom. The summed E-state index contributed by atoms with van der Waals surface area (Å²) < 4.78 is 24.2. The van der Waals surface area contributed by atoms with Crippen LogP contribution in [0.15, 0.2) is 12.1 Å². The van der Waals surface area contributed by atoms with Gasteiger partial charge in [0.05, 0.1) is 10.1 Å². The van der Waals surface area contributed by atoms with Gasteiger partial charge in [-0.15, -0.1) is 11.3 Å². The van der Waals surface area contributed by atoms with E-state index in [0.29, 0.717) is 4.88 Å². The Labute approximate surface area is 112 Å². The molecule has 1 saturated carbocycles. The molecule has 0 bridgehead atoms. The first kappa shape index (κ1) is 13.7. The monoisotopic (exact) mass is 286 g/mol. The second kappa shape index (κ2) is 5.53. The van der Waals surface area contributed by atoms with Crippen molar-refractivity contribution >= 4 is 27.0 Å². The summed E-state index contributed by atoms with van der Waals surface area (Å²) in [5, 5.41) is -0.285. The summed E-state index contributed by atoms with van der Waals surface area (Å²) in [5.41, 5.74) is 0. The van der Waals surface area contributed by atoms with Crippen LogP contribution < -0.4 is 0 Å². The molecular formula is C13H18O3S2. The van der Waals surface area contributed by atoms with E-state index in [2.05, 4.69) is 0 Å². The minimum Gasteiger partial charge on any atom is -0.292 e. The third-order valence-corrected chi connectivity index (χ3v) is 6.85. The fourth-order valence-corrected chi connectivity index (χ4v) is 5.12. The summed E-state index contributed by atoms with van der Waals surface area (Å²) in [7, 11) is -3.25. The van der Waals surface area contributed by atoms with E-state index in [1.807, 2.05) is 13.0 Å². The van der Waals surface area contributed by atoms with Gasteiger partial charge in [0.15, 0.2) is 15.6 Å². The molecule has 1 aliphatic carbocycles. The number of hydrogen-bond donors (Lipinski definition) is 0. The normalized spacial score (nSPS) is 17.2. The van der Waals surface area contributed by atoms with Gasteiger partial charge in [0.1, 0.15) is 5.75 Å². The number of hydrogen-bond acceptors (Lipinski definition) is 4. The van der Waals surface area contributed by atoms with Gasteiger partial charge in [-0.3, -0.25) is 4.79 Å². The molecule has 1 aromatic rings. The Kier molecular flexibility index (Phi) is 4.22. The van der Waals surface area contributed by atoms with Gasteiger partial charge in [-0.1, -0.05) is 19.8 Å². The first-order chi connectivity index (χ1) is 8.53. The molecular weight excluding hydrogens is 268 g/mol. The first-order valence-corrected chi connectivity index (χ1v) is 8.89. The van der Waals surface area contributed by atoms with E-state index in [0.717, 1.165) is 37.0 Å². The van der Waals surface area contributed by atoms with Gasteiger partial charge in [0.2, 0.25) is 0 Å². The molecule has 2 rings (SSSR count). The zero-order chi connectivity index (χ0) is 13.2. The smallest absolute Gasteiger partial charge is 0.187 e. The van der Waals surface area contributed by atoms with Crippen LogP contribution in [-0.2, 0) is 16.3 Å². The Balaban J connectivity index is 2.06. The molecule has 0 unspecified atom stereocenters. The van der Waals surface area contributed by atoms with Crippen molar-refractivity contribution in [3.05, 3.63) is 21.9 Å². The zero-order valence-corrected chi connectivity index (χ0v) is 12.1. The second-order valence-electron chi connectivity index (χ2n) is 4.76. The highest BCUT2D eigenvalue weighted by Gasteiger charge is 2.31. The molecule has 0 spiro atoms. The summed E-state index contributed by atoms with van der Waals surface area (Å²) in [6.07, 6.45) is 4.27.